The maximum atomic E-state index is 12.8. The van der Waals surface area contributed by atoms with E-state index in [1.165, 1.54) is 0 Å². The molecule has 0 bridgehead atoms. The van der Waals surface area contributed by atoms with Crippen molar-refractivity contribution in [3.63, 3.8) is 0 Å². The van der Waals surface area contributed by atoms with Crippen molar-refractivity contribution < 1.29 is 4.79 Å². The largest absolute Gasteiger partial charge is 0.338 e. The number of carbonyl (C=O) groups excluding carboxylic acids is 1. The Balaban J connectivity index is 0.00000400. The molecule has 1 amide bonds. The molecule has 0 aromatic heterocycles. The highest BCUT2D eigenvalue weighted by Gasteiger charge is 2.36. The quantitative estimate of drug-likeness (QED) is 0.823. The van der Waals surface area contributed by atoms with E-state index in [4.69, 9.17) is 17.3 Å². The molecular formula is C16H26Cl2N2O. The van der Waals surface area contributed by atoms with E-state index in [0.717, 1.165) is 18.4 Å². The Morgan fingerprint density at radius 1 is 1.19 bits per heavy atom. The lowest BCUT2D eigenvalue weighted by atomic mass is 9.81. The Hall–Kier alpha value is -0.770. The summed E-state index contributed by atoms with van der Waals surface area (Å²) in [4.78, 5) is 14.7. The summed E-state index contributed by atoms with van der Waals surface area (Å²) in [6.07, 6.45) is 1.55. The van der Waals surface area contributed by atoms with Crippen LogP contribution >= 0.6 is 24.0 Å². The molecule has 0 radical (unpaired) electrons. The zero-order chi connectivity index (χ0) is 15.2. The molecule has 0 heterocycles. The van der Waals surface area contributed by atoms with E-state index in [9.17, 15) is 4.79 Å². The van der Waals surface area contributed by atoms with E-state index in [1.807, 2.05) is 49.9 Å². The van der Waals surface area contributed by atoms with Gasteiger partial charge in [0.25, 0.3) is 0 Å². The van der Waals surface area contributed by atoms with Crippen molar-refractivity contribution in [2.24, 2.45) is 11.1 Å². The molecule has 0 aliphatic carbocycles. The molecule has 0 aliphatic heterocycles. The van der Waals surface area contributed by atoms with Crippen LogP contribution in [0.25, 0.3) is 0 Å². The highest BCUT2D eigenvalue weighted by molar-refractivity contribution is 6.30. The molecule has 2 N–H and O–H groups in total. The van der Waals surface area contributed by atoms with E-state index < -0.39 is 5.41 Å². The minimum Gasteiger partial charge on any atom is -0.338 e. The SMILES string of the molecule is CCN(Cc1ccc(Cl)cc1)C(=O)C(CC)(CC)CN.Cl. The van der Waals surface area contributed by atoms with Crippen LogP contribution in [0, 0.1) is 5.41 Å². The summed E-state index contributed by atoms with van der Waals surface area (Å²) in [7, 11) is 0. The molecule has 1 aromatic carbocycles. The van der Waals surface area contributed by atoms with Gasteiger partial charge < -0.3 is 10.6 Å². The summed E-state index contributed by atoms with van der Waals surface area (Å²) in [5.41, 5.74) is 6.53. The number of hydrogen-bond donors (Lipinski definition) is 1. The normalized spacial score (nSPS) is 10.9. The summed E-state index contributed by atoms with van der Waals surface area (Å²) >= 11 is 5.89. The van der Waals surface area contributed by atoms with Gasteiger partial charge in [-0.05, 0) is 37.5 Å². The topological polar surface area (TPSA) is 46.3 Å². The zero-order valence-corrected chi connectivity index (χ0v) is 14.6. The number of carbonyl (C=O) groups is 1. The third kappa shape index (κ3) is 4.87. The smallest absolute Gasteiger partial charge is 0.230 e. The molecular weight excluding hydrogens is 307 g/mol. The minimum absolute atomic E-state index is 0. The maximum absolute atomic E-state index is 12.8. The first-order valence-corrected chi connectivity index (χ1v) is 7.64. The third-order valence-electron chi connectivity index (χ3n) is 4.15. The Morgan fingerprint density at radius 3 is 2.10 bits per heavy atom. The third-order valence-corrected chi connectivity index (χ3v) is 4.41. The average Bonchev–Trinajstić information content (AvgIpc) is 2.49. The van der Waals surface area contributed by atoms with Crippen molar-refractivity contribution in [2.75, 3.05) is 13.1 Å². The van der Waals surface area contributed by atoms with Gasteiger partial charge in [-0.25, -0.2) is 0 Å². The number of amides is 1. The van der Waals surface area contributed by atoms with Gasteiger partial charge >= 0.3 is 0 Å². The molecule has 21 heavy (non-hydrogen) atoms. The molecule has 0 saturated heterocycles. The van der Waals surface area contributed by atoms with Gasteiger partial charge in [-0.1, -0.05) is 37.6 Å². The number of nitrogens with zero attached hydrogens (tertiary/aromatic N) is 1. The van der Waals surface area contributed by atoms with Gasteiger partial charge in [-0.3, -0.25) is 4.79 Å². The lowest BCUT2D eigenvalue weighted by Gasteiger charge is -2.34. The fraction of sp³-hybridized carbons (Fsp3) is 0.562. The average molecular weight is 333 g/mol. The summed E-state index contributed by atoms with van der Waals surface area (Å²) < 4.78 is 0. The highest BCUT2D eigenvalue weighted by Crippen LogP contribution is 2.28. The standard InChI is InChI=1S/C16H25ClN2O.ClH/c1-4-16(5-2,12-18)15(20)19(6-3)11-13-7-9-14(17)10-8-13;/h7-10H,4-6,11-12,18H2,1-3H3;1H. The predicted molar refractivity (Wildman–Crippen MR) is 91.9 cm³/mol. The molecule has 0 atom stereocenters. The number of halogens is 2. The predicted octanol–water partition coefficient (Wildman–Crippen LogP) is 3.88. The fourth-order valence-corrected chi connectivity index (χ4v) is 2.53. The number of hydrogen-bond acceptors (Lipinski definition) is 2. The minimum atomic E-state index is -0.428. The van der Waals surface area contributed by atoms with E-state index in [0.29, 0.717) is 24.7 Å². The van der Waals surface area contributed by atoms with Crippen molar-refractivity contribution >= 4 is 29.9 Å². The first-order chi connectivity index (χ1) is 9.52. The van der Waals surface area contributed by atoms with Crippen molar-refractivity contribution in [2.45, 2.75) is 40.2 Å². The molecule has 1 rings (SSSR count). The van der Waals surface area contributed by atoms with E-state index >= 15 is 0 Å². The Bertz CT molecular complexity index is 422. The van der Waals surface area contributed by atoms with Gasteiger partial charge in [-0.15, -0.1) is 12.4 Å². The molecule has 0 aliphatic rings. The van der Waals surface area contributed by atoms with Crippen LogP contribution in [0.4, 0.5) is 0 Å². The molecule has 0 spiro atoms. The molecule has 1 aromatic rings. The number of rotatable bonds is 7. The van der Waals surface area contributed by atoms with Crippen LogP contribution in [-0.2, 0) is 11.3 Å². The van der Waals surface area contributed by atoms with Gasteiger partial charge in [0, 0.05) is 24.7 Å². The van der Waals surface area contributed by atoms with E-state index in [1.54, 1.807) is 0 Å². The van der Waals surface area contributed by atoms with Gasteiger partial charge in [0.15, 0.2) is 0 Å². The Morgan fingerprint density at radius 2 is 1.71 bits per heavy atom. The Labute approximate surface area is 139 Å². The second kappa shape index (κ2) is 9.29. The van der Waals surface area contributed by atoms with Crippen LogP contribution < -0.4 is 5.73 Å². The lowest BCUT2D eigenvalue weighted by molar-refractivity contribution is -0.142. The van der Waals surface area contributed by atoms with Crippen molar-refractivity contribution in [3.8, 4) is 0 Å². The van der Waals surface area contributed by atoms with Gasteiger partial charge in [-0.2, -0.15) is 0 Å². The molecule has 5 heteroatoms. The summed E-state index contributed by atoms with van der Waals surface area (Å²) in [5, 5.41) is 0.710. The fourth-order valence-electron chi connectivity index (χ4n) is 2.40. The van der Waals surface area contributed by atoms with Gasteiger partial charge in [0.05, 0.1) is 5.41 Å². The molecule has 3 nitrogen and oxygen atoms in total. The number of benzene rings is 1. The zero-order valence-electron chi connectivity index (χ0n) is 13.1. The van der Waals surface area contributed by atoms with Crippen molar-refractivity contribution in [3.05, 3.63) is 34.9 Å². The second-order valence-electron chi connectivity index (χ2n) is 5.14. The van der Waals surface area contributed by atoms with Gasteiger partial charge in [0.2, 0.25) is 5.91 Å². The summed E-state index contributed by atoms with van der Waals surface area (Å²) in [6.45, 7) is 7.75. The van der Waals surface area contributed by atoms with Crippen molar-refractivity contribution in [1.82, 2.24) is 4.90 Å². The molecule has 120 valence electrons. The van der Waals surface area contributed by atoms with E-state index in [-0.39, 0.29) is 18.3 Å². The summed E-state index contributed by atoms with van der Waals surface area (Å²) in [6, 6.07) is 7.62. The number of nitrogens with two attached hydrogens (primary N) is 1. The van der Waals surface area contributed by atoms with Crippen LogP contribution in [0.2, 0.25) is 5.02 Å². The molecule has 0 saturated carbocycles. The van der Waals surface area contributed by atoms with Crippen molar-refractivity contribution in [1.29, 1.82) is 0 Å². The first kappa shape index (κ1) is 20.2. The van der Waals surface area contributed by atoms with Gasteiger partial charge in [0.1, 0.15) is 0 Å². The van der Waals surface area contributed by atoms with Crippen LogP contribution in [0.15, 0.2) is 24.3 Å². The van der Waals surface area contributed by atoms with Crippen LogP contribution in [0.5, 0.6) is 0 Å². The first-order valence-electron chi connectivity index (χ1n) is 7.26. The van der Waals surface area contributed by atoms with Crippen LogP contribution in [0.3, 0.4) is 0 Å². The maximum Gasteiger partial charge on any atom is 0.230 e. The van der Waals surface area contributed by atoms with E-state index in [2.05, 4.69) is 0 Å². The lowest BCUT2D eigenvalue weighted by Crippen LogP contribution is -2.47. The summed E-state index contributed by atoms with van der Waals surface area (Å²) in [5.74, 6) is 0.155. The second-order valence-corrected chi connectivity index (χ2v) is 5.57. The monoisotopic (exact) mass is 332 g/mol. The van der Waals surface area contributed by atoms with Crippen LogP contribution in [0.1, 0.15) is 39.2 Å². The van der Waals surface area contributed by atoms with Crippen LogP contribution in [-0.4, -0.2) is 23.9 Å². The molecule has 0 fully saturated rings. The highest BCUT2D eigenvalue weighted by atomic mass is 35.5. The Kier molecular flexibility index (Phi) is 8.95. The molecule has 0 unspecified atom stereocenters.